The first-order valence-electron chi connectivity index (χ1n) is 8.97. The second-order valence-electron chi connectivity index (χ2n) is 6.46. The van der Waals surface area contributed by atoms with E-state index in [2.05, 4.69) is 12.1 Å². The van der Waals surface area contributed by atoms with Crippen molar-refractivity contribution in [1.82, 2.24) is 4.90 Å². The molecule has 0 unspecified atom stereocenters. The summed E-state index contributed by atoms with van der Waals surface area (Å²) >= 11 is 6.09. The minimum atomic E-state index is 0.0264. The molecule has 0 aromatic heterocycles. The predicted octanol–water partition coefficient (Wildman–Crippen LogP) is 4.06. The van der Waals surface area contributed by atoms with Gasteiger partial charge in [0.2, 0.25) is 5.91 Å². The van der Waals surface area contributed by atoms with Gasteiger partial charge in [-0.15, -0.1) is 0 Å². The molecule has 1 fully saturated rings. The summed E-state index contributed by atoms with van der Waals surface area (Å²) in [6.45, 7) is 2.49. The van der Waals surface area contributed by atoms with E-state index < -0.39 is 0 Å². The van der Waals surface area contributed by atoms with Gasteiger partial charge in [0.15, 0.2) is 0 Å². The standard InChI is InChI=1S/C21H24ClNO3/c22-20-9-5-4-8-18(20)15-25-16-21(24)23-12-10-19(11-13-23)26-14-17-6-2-1-3-7-17/h1-9,19H,10-16H2. The monoisotopic (exact) mass is 373 g/mol. The summed E-state index contributed by atoms with van der Waals surface area (Å²) in [5.41, 5.74) is 2.08. The van der Waals surface area contributed by atoms with Crippen LogP contribution < -0.4 is 0 Å². The van der Waals surface area contributed by atoms with Gasteiger partial charge in [0, 0.05) is 18.1 Å². The zero-order valence-corrected chi connectivity index (χ0v) is 15.5. The highest BCUT2D eigenvalue weighted by molar-refractivity contribution is 6.31. The number of likely N-dealkylation sites (tertiary alicyclic amines) is 1. The summed E-state index contributed by atoms with van der Waals surface area (Å²) in [7, 11) is 0. The number of amides is 1. The van der Waals surface area contributed by atoms with E-state index in [9.17, 15) is 4.79 Å². The Morgan fingerprint density at radius 3 is 2.42 bits per heavy atom. The molecule has 1 amide bonds. The SMILES string of the molecule is O=C(COCc1ccccc1Cl)N1CCC(OCc2ccccc2)CC1. The highest BCUT2D eigenvalue weighted by Crippen LogP contribution is 2.17. The minimum absolute atomic E-state index is 0.0264. The molecule has 0 radical (unpaired) electrons. The van der Waals surface area contributed by atoms with Crippen LogP contribution in [0.15, 0.2) is 54.6 Å². The molecule has 1 aliphatic heterocycles. The first-order valence-corrected chi connectivity index (χ1v) is 9.34. The molecular weight excluding hydrogens is 350 g/mol. The molecule has 4 nitrogen and oxygen atoms in total. The van der Waals surface area contributed by atoms with Gasteiger partial charge in [0.05, 0.1) is 19.3 Å². The zero-order chi connectivity index (χ0) is 18.2. The Morgan fingerprint density at radius 1 is 1.00 bits per heavy atom. The maximum Gasteiger partial charge on any atom is 0.248 e. The van der Waals surface area contributed by atoms with Gasteiger partial charge in [-0.2, -0.15) is 0 Å². The molecule has 0 bridgehead atoms. The molecule has 1 heterocycles. The Bertz CT molecular complexity index is 699. The zero-order valence-electron chi connectivity index (χ0n) is 14.8. The number of ether oxygens (including phenoxy) is 2. The molecule has 0 aliphatic carbocycles. The first-order chi connectivity index (χ1) is 12.7. The number of hydrogen-bond acceptors (Lipinski definition) is 3. The van der Waals surface area contributed by atoms with Gasteiger partial charge in [0.1, 0.15) is 6.61 Å². The largest absolute Gasteiger partial charge is 0.373 e. The fraction of sp³-hybridized carbons (Fsp3) is 0.381. The molecule has 1 saturated heterocycles. The van der Waals surface area contributed by atoms with E-state index in [1.165, 1.54) is 5.56 Å². The third-order valence-corrected chi connectivity index (χ3v) is 4.93. The van der Waals surface area contributed by atoms with Crippen LogP contribution in [0.4, 0.5) is 0 Å². The second-order valence-corrected chi connectivity index (χ2v) is 6.87. The molecule has 3 rings (SSSR count). The van der Waals surface area contributed by atoms with Crippen molar-refractivity contribution in [1.29, 1.82) is 0 Å². The number of nitrogens with zero attached hydrogens (tertiary/aromatic N) is 1. The van der Waals surface area contributed by atoms with Crippen LogP contribution in [0.5, 0.6) is 0 Å². The van der Waals surface area contributed by atoms with Gasteiger partial charge >= 0.3 is 0 Å². The molecule has 26 heavy (non-hydrogen) atoms. The number of carbonyl (C=O) groups excluding carboxylic acids is 1. The van der Waals surface area contributed by atoms with E-state index in [4.69, 9.17) is 21.1 Å². The van der Waals surface area contributed by atoms with E-state index in [1.807, 2.05) is 47.4 Å². The topological polar surface area (TPSA) is 38.8 Å². The fourth-order valence-electron chi connectivity index (χ4n) is 3.02. The molecule has 0 saturated carbocycles. The molecule has 1 aliphatic rings. The van der Waals surface area contributed by atoms with Crippen LogP contribution >= 0.6 is 11.6 Å². The number of carbonyl (C=O) groups is 1. The van der Waals surface area contributed by atoms with Crippen LogP contribution in [0.3, 0.4) is 0 Å². The predicted molar refractivity (Wildman–Crippen MR) is 102 cm³/mol. The van der Waals surface area contributed by atoms with Crippen molar-refractivity contribution < 1.29 is 14.3 Å². The van der Waals surface area contributed by atoms with Gasteiger partial charge in [0.25, 0.3) is 0 Å². The van der Waals surface area contributed by atoms with Crippen LogP contribution in [0, 0.1) is 0 Å². The Balaban J connectivity index is 1.35. The quantitative estimate of drug-likeness (QED) is 0.734. The third kappa shape index (κ3) is 5.56. The Labute approximate surface area is 159 Å². The highest BCUT2D eigenvalue weighted by Gasteiger charge is 2.23. The van der Waals surface area contributed by atoms with Crippen molar-refractivity contribution in [3.8, 4) is 0 Å². The van der Waals surface area contributed by atoms with Crippen molar-refractivity contribution in [2.75, 3.05) is 19.7 Å². The lowest BCUT2D eigenvalue weighted by atomic mass is 10.1. The number of benzene rings is 2. The Morgan fingerprint density at radius 2 is 1.69 bits per heavy atom. The first kappa shape index (κ1) is 18.9. The summed E-state index contributed by atoms with van der Waals surface area (Å²) in [6, 6.07) is 17.7. The van der Waals surface area contributed by atoms with Gasteiger partial charge in [-0.25, -0.2) is 0 Å². The number of hydrogen-bond donors (Lipinski definition) is 0. The number of halogens is 1. The molecule has 0 atom stereocenters. The summed E-state index contributed by atoms with van der Waals surface area (Å²) < 4.78 is 11.5. The van der Waals surface area contributed by atoms with Crippen LogP contribution in [-0.2, 0) is 27.5 Å². The molecule has 0 spiro atoms. The van der Waals surface area contributed by atoms with Gasteiger partial charge in [-0.3, -0.25) is 4.79 Å². The molecule has 138 valence electrons. The average molecular weight is 374 g/mol. The number of piperidine rings is 1. The van der Waals surface area contributed by atoms with Crippen LogP contribution in [0.1, 0.15) is 24.0 Å². The van der Waals surface area contributed by atoms with E-state index >= 15 is 0 Å². The van der Waals surface area contributed by atoms with Crippen molar-refractivity contribution >= 4 is 17.5 Å². The van der Waals surface area contributed by atoms with E-state index in [1.54, 1.807) is 0 Å². The number of rotatable bonds is 7. The lowest BCUT2D eigenvalue weighted by Crippen LogP contribution is -2.42. The second kappa shape index (κ2) is 9.72. The molecule has 2 aromatic rings. The smallest absolute Gasteiger partial charge is 0.248 e. The van der Waals surface area contributed by atoms with Crippen LogP contribution in [0.25, 0.3) is 0 Å². The van der Waals surface area contributed by atoms with Crippen LogP contribution in [-0.4, -0.2) is 36.6 Å². The molecule has 0 N–H and O–H groups in total. The average Bonchev–Trinajstić information content (AvgIpc) is 2.69. The van der Waals surface area contributed by atoms with E-state index in [-0.39, 0.29) is 18.6 Å². The van der Waals surface area contributed by atoms with Gasteiger partial charge in [-0.05, 0) is 30.0 Å². The lowest BCUT2D eigenvalue weighted by molar-refractivity contribution is -0.139. The minimum Gasteiger partial charge on any atom is -0.373 e. The maximum atomic E-state index is 12.3. The highest BCUT2D eigenvalue weighted by atomic mass is 35.5. The van der Waals surface area contributed by atoms with Crippen molar-refractivity contribution in [3.63, 3.8) is 0 Å². The normalized spacial score (nSPS) is 15.2. The summed E-state index contributed by atoms with van der Waals surface area (Å²) in [6.07, 6.45) is 1.94. The Hall–Kier alpha value is -1.88. The van der Waals surface area contributed by atoms with Crippen molar-refractivity contribution in [2.24, 2.45) is 0 Å². The van der Waals surface area contributed by atoms with E-state index in [0.29, 0.717) is 31.3 Å². The fourth-order valence-corrected chi connectivity index (χ4v) is 3.21. The third-order valence-electron chi connectivity index (χ3n) is 4.56. The molecule has 5 heteroatoms. The van der Waals surface area contributed by atoms with Gasteiger partial charge in [-0.1, -0.05) is 60.1 Å². The molecule has 2 aromatic carbocycles. The van der Waals surface area contributed by atoms with E-state index in [0.717, 1.165) is 18.4 Å². The van der Waals surface area contributed by atoms with Gasteiger partial charge < -0.3 is 14.4 Å². The Kier molecular flexibility index (Phi) is 7.06. The maximum absolute atomic E-state index is 12.3. The summed E-state index contributed by atoms with van der Waals surface area (Å²) in [5, 5.41) is 0.663. The summed E-state index contributed by atoms with van der Waals surface area (Å²) in [5.74, 6) is 0.0264. The molecular formula is C21H24ClNO3. The van der Waals surface area contributed by atoms with Crippen molar-refractivity contribution in [3.05, 3.63) is 70.7 Å². The lowest BCUT2D eigenvalue weighted by Gasteiger charge is -2.32. The van der Waals surface area contributed by atoms with Crippen LogP contribution in [0.2, 0.25) is 5.02 Å². The summed E-state index contributed by atoms with van der Waals surface area (Å²) in [4.78, 5) is 14.1. The van der Waals surface area contributed by atoms with Crippen molar-refractivity contribution in [2.45, 2.75) is 32.2 Å².